The number of aromatic nitrogens is 2. The Balaban J connectivity index is 2.27. The van der Waals surface area contributed by atoms with Crippen LogP contribution >= 0.6 is 0 Å². The van der Waals surface area contributed by atoms with Crippen molar-refractivity contribution in [2.75, 3.05) is 0 Å². The molecule has 2 rings (SSSR count). The molecule has 1 heterocycles. The topological polar surface area (TPSA) is 94.9 Å². The minimum absolute atomic E-state index is 0.130. The Bertz CT molecular complexity index is 666. The molecule has 6 nitrogen and oxygen atoms in total. The average Bonchev–Trinajstić information content (AvgIpc) is 2.38. The monoisotopic (exact) mass is 272 g/mol. The third-order valence-electron chi connectivity index (χ3n) is 2.79. The van der Waals surface area contributed by atoms with Crippen molar-refractivity contribution < 1.29 is 9.79 Å². The number of guanidine groups is 1. The van der Waals surface area contributed by atoms with Gasteiger partial charge in [0.15, 0.2) is 0 Å². The van der Waals surface area contributed by atoms with E-state index >= 15 is 0 Å². The van der Waals surface area contributed by atoms with Crippen molar-refractivity contribution in [3.63, 3.8) is 0 Å². The van der Waals surface area contributed by atoms with Gasteiger partial charge in [0.05, 0.1) is 5.69 Å². The molecule has 2 aromatic rings. The number of hydrogen-bond acceptors (Lipinski definition) is 3. The zero-order valence-corrected chi connectivity index (χ0v) is 11.6. The molecule has 0 spiro atoms. The number of aryl methyl sites for hydroxylation is 1. The van der Waals surface area contributed by atoms with E-state index in [-0.39, 0.29) is 11.9 Å². The molecule has 0 fully saturated rings. The number of amides is 1. The summed E-state index contributed by atoms with van der Waals surface area (Å²) in [7, 11) is 0. The van der Waals surface area contributed by atoms with E-state index in [9.17, 15) is 4.79 Å². The fourth-order valence-corrected chi connectivity index (χ4v) is 1.88. The van der Waals surface area contributed by atoms with Gasteiger partial charge in [-0.3, -0.25) is 4.79 Å². The molecule has 6 heteroatoms. The van der Waals surface area contributed by atoms with Gasteiger partial charge in [-0.15, -0.1) is 9.97 Å². The summed E-state index contributed by atoms with van der Waals surface area (Å²) in [5.74, 6) is 0.378. The summed E-state index contributed by atoms with van der Waals surface area (Å²) in [6, 6.07) is 7.72. The minimum Gasteiger partial charge on any atom is -0.322 e. The molecule has 0 atom stereocenters. The highest BCUT2D eigenvalue weighted by Crippen LogP contribution is 2.14. The zero-order chi connectivity index (χ0) is 14.5. The van der Waals surface area contributed by atoms with E-state index in [1.165, 1.54) is 0 Å². The maximum Gasteiger partial charge on any atom is 0.354 e. The molecule has 0 aliphatic rings. The molecule has 0 bridgehead atoms. The van der Waals surface area contributed by atoms with E-state index in [0.29, 0.717) is 12.4 Å². The van der Waals surface area contributed by atoms with Gasteiger partial charge in [0.2, 0.25) is 0 Å². The molecule has 0 aliphatic carbocycles. The lowest BCUT2D eigenvalue weighted by Gasteiger charge is -2.00. The number of nitrogens with zero attached hydrogens (tertiary/aromatic N) is 2. The number of nitrogens with two attached hydrogens (primary N) is 1. The molecule has 1 aromatic heterocycles. The van der Waals surface area contributed by atoms with Crippen LogP contribution in [0.2, 0.25) is 0 Å². The van der Waals surface area contributed by atoms with E-state index in [1.54, 1.807) is 0 Å². The Kier molecular flexibility index (Phi) is 4.24. The fraction of sp³-hybridized carbons (Fsp3) is 0.286. The summed E-state index contributed by atoms with van der Waals surface area (Å²) in [5, 5.41) is 3.55. The van der Waals surface area contributed by atoms with Crippen molar-refractivity contribution in [2.24, 2.45) is 5.73 Å². The van der Waals surface area contributed by atoms with Crippen LogP contribution < -0.4 is 16.0 Å². The van der Waals surface area contributed by atoms with E-state index in [2.05, 4.69) is 20.3 Å². The average molecular weight is 272 g/mol. The SMILES string of the molecule is CCCC(=O)N/C(N)=[NH+]/c1nc(C)c2ccccc2n1. The second kappa shape index (κ2) is 6.10. The van der Waals surface area contributed by atoms with Crippen LogP contribution in [0.25, 0.3) is 10.9 Å². The summed E-state index contributed by atoms with van der Waals surface area (Å²) in [4.78, 5) is 22.9. The number of fused-ring (bicyclic) bond motifs is 1. The summed E-state index contributed by atoms with van der Waals surface area (Å²) in [5.41, 5.74) is 7.41. The number of para-hydroxylation sites is 1. The van der Waals surface area contributed by atoms with E-state index in [0.717, 1.165) is 23.0 Å². The molecule has 1 amide bonds. The molecular weight excluding hydrogens is 254 g/mol. The van der Waals surface area contributed by atoms with Gasteiger partial charge in [-0.2, -0.15) is 0 Å². The highest BCUT2D eigenvalue weighted by Gasteiger charge is 2.10. The second-order valence-corrected chi connectivity index (χ2v) is 4.49. The fourth-order valence-electron chi connectivity index (χ4n) is 1.88. The summed E-state index contributed by atoms with van der Waals surface area (Å²) in [6.45, 7) is 3.83. The Hall–Kier alpha value is -2.50. The van der Waals surface area contributed by atoms with Crippen LogP contribution in [0, 0.1) is 6.92 Å². The number of carbonyl (C=O) groups is 1. The molecule has 1 aromatic carbocycles. The van der Waals surface area contributed by atoms with Gasteiger partial charge in [-0.1, -0.05) is 19.1 Å². The minimum atomic E-state index is -0.130. The first kappa shape index (κ1) is 13.9. The van der Waals surface area contributed by atoms with Gasteiger partial charge < -0.3 is 5.73 Å². The van der Waals surface area contributed by atoms with Crippen molar-refractivity contribution in [3.8, 4) is 0 Å². The second-order valence-electron chi connectivity index (χ2n) is 4.49. The maximum absolute atomic E-state index is 11.4. The maximum atomic E-state index is 11.4. The Morgan fingerprint density at radius 2 is 2.10 bits per heavy atom. The molecule has 0 unspecified atom stereocenters. The van der Waals surface area contributed by atoms with Crippen LogP contribution in [0.15, 0.2) is 24.3 Å². The highest BCUT2D eigenvalue weighted by atomic mass is 16.1. The lowest BCUT2D eigenvalue weighted by Crippen LogP contribution is -2.75. The molecule has 0 radical (unpaired) electrons. The van der Waals surface area contributed by atoms with Crippen molar-refractivity contribution >= 4 is 28.7 Å². The summed E-state index contributed by atoms with van der Waals surface area (Å²) >= 11 is 0. The molecule has 0 saturated heterocycles. The number of rotatable bonds is 3. The van der Waals surface area contributed by atoms with Gasteiger partial charge in [0.1, 0.15) is 5.52 Å². The van der Waals surface area contributed by atoms with Gasteiger partial charge in [0, 0.05) is 11.8 Å². The molecule has 104 valence electrons. The van der Waals surface area contributed by atoms with Crippen LogP contribution in [0.1, 0.15) is 25.5 Å². The van der Waals surface area contributed by atoms with Gasteiger partial charge >= 0.3 is 5.95 Å². The van der Waals surface area contributed by atoms with E-state index in [4.69, 9.17) is 5.73 Å². The Morgan fingerprint density at radius 3 is 2.85 bits per heavy atom. The molecule has 20 heavy (non-hydrogen) atoms. The number of benzene rings is 1. The van der Waals surface area contributed by atoms with Crippen molar-refractivity contribution in [1.29, 1.82) is 0 Å². The normalized spacial score (nSPS) is 11.6. The lowest BCUT2D eigenvalue weighted by atomic mass is 10.2. The lowest BCUT2D eigenvalue weighted by molar-refractivity contribution is -0.367. The first-order valence-electron chi connectivity index (χ1n) is 6.53. The van der Waals surface area contributed by atoms with Gasteiger partial charge in [0.25, 0.3) is 11.9 Å². The number of hydrogen-bond donors (Lipinski definition) is 3. The quantitative estimate of drug-likeness (QED) is 0.536. The van der Waals surface area contributed by atoms with Gasteiger partial charge in [-0.05, 0) is 25.5 Å². The van der Waals surface area contributed by atoms with E-state index < -0.39 is 0 Å². The van der Waals surface area contributed by atoms with E-state index in [1.807, 2.05) is 38.1 Å². The Morgan fingerprint density at radius 1 is 1.35 bits per heavy atom. The smallest absolute Gasteiger partial charge is 0.322 e. The molecule has 0 aliphatic heterocycles. The third kappa shape index (κ3) is 3.28. The number of nitrogens with one attached hydrogen (secondary N) is 2. The standard InChI is InChI=1S/C14H17N5O/c1-3-6-12(20)18-13(15)19-14-16-9(2)10-7-4-5-8-11(10)17-14/h4-5,7-8H,3,6H2,1-2H3,(H3,15,16,17,18,19,20)/p+1. The van der Waals surface area contributed by atoms with Crippen LogP contribution in [-0.4, -0.2) is 21.8 Å². The molecular formula is C14H18N5O+. The van der Waals surface area contributed by atoms with Crippen molar-refractivity contribution in [2.45, 2.75) is 26.7 Å². The summed E-state index contributed by atoms with van der Waals surface area (Å²) in [6.07, 6.45) is 1.20. The molecule has 0 saturated carbocycles. The van der Waals surface area contributed by atoms with Crippen LogP contribution in [-0.2, 0) is 4.79 Å². The van der Waals surface area contributed by atoms with Crippen molar-refractivity contribution in [1.82, 2.24) is 15.3 Å². The largest absolute Gasteiger partial charge is 0.354 e. The van der Waals surface area contributed by atoms with Crippen LogP contribution in [0.5, 0.6) is 0 Å². The summed E-state index contributed by atoms with van der Waals surface area (Å²) < 4.78 is 0. The third-order valence-corrected chi connectivity index (χ3v) is 2.79. The predicted molar refractivity (Wildman–Crippen MR) is 77.1 cm³/mol. The predicted octanol–water partition coefficient (Wildman–Crippen LogP) is -0.119. The van der Waals surface area contributed by atoms with Crippen LogP contribution in [0.3, 0.4) is 0 Å². The highest BCUT2D eigenvalue weighted by molar-refractivity contribution is 5.93. The van der Waals surface area contributed by atoms with Crippen molar-refractivity contribution in [3.05, 3.63) is 30.0 Å². The first-order chi connectivity index (χ1) is 9.60. The molecule has 4 N–H and O–H groups in total. The zero-order valence-electron chi connectivity index (χ0n) is 11.6. The van der Waals surface area contributed by atoms with Crippen LogP contribution in [0.4, 0.5) is 5.95 Å². The Labute approximate surface area is 117 Å². The first-order valence-corrected chi connectivity index (χ1v) is 6.53. The number of carbonyl (C=O) groups excluding carboxylic acids is 1. The van der Waals surface area contributed by atoms with Gasteiger partial charge in [-0.25, -0.2) is 10.3 Å².